The Labute approximate surface area is 65.6 Å². The standard InChI is InChI=1S/C8H12N2O/c1-8(3-2-4-8)6-5-10-7(9)11-6/h5H,2-4H2,1H3,(H2,9,10). The second-order valence-corrected chi connectivity index (χ2v) is 3.48. The van der Waals surface area contributed by atoms with Crippen molar-refractivity contribution in [3.63, 3.8) is 0 Å². The van der Waals surface area contributed by atoms with Gasteiger partial charge in [-0.25, -0.2) is 4.98 Å². The highest BCUT2D eigenvalue weighted by atomic mass is 16.4. The smallest absolute Gasteiger partial charge is 0.292 e. The van der Waals surface area contributed by atoms with Crippen LogP contribution in [0.1, 0.15) is 31.9 Å². The van der Waals surface area contributed by atoms with E-state index in [1.165, 1.54) is 19.3 Å². The zero-order valence-corrected chi connectivity index (χ0v) is 6.63. The molecular weight excluding hydrogens is 140 g/mol. The van der Waals surface area contributed by atoms with E-state index in [9.17, 15) is 0 Å². The fourth-order valence-electron chi connectivity index (χ4n) is 1.52. The summed E-state index contributed by atoms with van der Waals surface area (Å²) >= 11 is 0. The minimum atomic E-state index is 0.227. The zero-order chi connectivity index (χ0) is 7.90. The van der Waals surface area contributed by atoms with Gasteiger partial charge in [0.25, 0.3) is 6.01 Å². The van der Waals surface area contributed by atoms with Crippen LogP contribution in [0.25, 0.3) is 0 Å². The highest BCUT2D eigenvalue weighted by molar-refractivity contribution is 5.19. The predicted molar refractivity (Wildman–Crippen MR) is 42.1 cm³/mol. The third-order valence-corrected chi connectivity index (χ3v) is 2.58. The van der Waals surface area contributed by atoms with Gasteiger partial charge >= 0.3 is 0 Å². The monoisotopic (exact) mass is 152 g/mol. The first-order valence-electron chi connectivity index (χ1n) is 3.92. The van der Waals surface area contributed by atoms with Crippen molar-refractivity contribution in [3.8, 4) is 0 Å². The Balaban J connectivity index is 2.28. The van der Waals surface area contributed by atoms with Gasteiger partial charge in [0.15, 0.2) is 0 Å². The first-order valence-corrected chi connectivity index (χ1v) is 3.92. The molecule has 1 heterocycles. The lowest BCUT2D eigenvalue weighted by atomic mass is 9.69. The predicted octanol–water partition coefficient (Wildman–Crippen LogP) is 1.70. The van der Waals surface area contributed by atoms with Gasteiger partial charge < -0.3 is 10.2 Å². The highest BCUT2D eigenvalue weighted by Crippen LogP contribution is 2.43. The van der Waals surface area contributed by atoms with Crippen molar-refractivity contribution in [2.24, 2.45) is 0 Å². The van der Waals surface area contributed by atoms with E-state index in [4.69, 9.17) is 10.2 Å². The number of nitrogens with zero attached hydrogens (tertiary/aromatic N) is 1. The summed E-state index contributed by atoms with van der Waals surface area (Å²) in [6.45, 7) is 2.19. The van der Waals surface area contributed by atoms with Crippen molar-refractivity contribution < 1.29 is 4.42 Å². The molecule has 60 valence electrons. The molecule has 0 aromatic carbocycles. The van der Waals surface area contributed by atoms with Crippen LogP contribution in [0.3, 0.4) is 0 Å². The van der Waals surface area contributed by atoms with E-state index in [0.29, 0.717) is 0 Å². The quantitative estimate of drug-likeness (QED) is 0.666. The van der Waals surface area contributed by atoms with Gasteiger partial charge in [0.2, 0.25) is 0 Å². The van der Waals surface area contributed by atoms with E-state index in [1.54, 1.807) is 6.20 Å². The van der Waals surface area contributed by atoms with E-state index in [0.717, 1.165) is 5.76 Å². The molecule has 0 spiro atoms. The number of hydrogen-bond donors (Lipinski definition) is 1. The number of nitrogen functional groups attached to an aromatic ring is 1. The van der Waals surface area contributed by atoms with E-state index >= 15 is 0 Å². The molecule has 1 aromatic rings. The van der Waals surface area contributed by atoms with Crippen molar-refractivity contribution in [2.45, 2.75) is 31.6 Å². The van der Waals surface area contributed by atoms with Crippen molar-refractivity contribution >= 4 is 6.01 Å². The van der Waals surface area contributed by atoms with Crippen LogP contribution in [0, 0.1) is 0 Å². The molecule has 11 heavy (non-hydrogen) atoms. The molecule has 1 aromatic heterocycles. The van der Waals surface area contributed by atoms with Crippen molar-refractivity contribution in [1.29, 1.82) is 0 Å². The van der Waals surface area contributed by atoms with Gasteiger partial charge in [0, 0.05) is 5.41 Å². The van der Waals surface area contributed by atoms with Crippen molar-refractivity contribution in [1.82, 2.24) is 4.98 Å². The summed E-state index contributed by atoms with van der Waals surface area (Å²) in [4.78, 5) is 3.88. The van der Waals surface area contributed by atoms with Gasteiger partial charge in [-0.05, 0) is 12.8 Å². The average molecular weight is 152 g/mol. The topological polar surface area (TPSA) is 52.0 Å². The summed E-state index contributed by atoms with van der Waals surface area (Å²) in [7, 11) is 0. The molecular formula is C8H12N2O. The Kier molecular flexibility index (Phi) is 1.22. The molecule has 0 aliphatic heterocycles. The fourth-order valence-corrected chi connectivity index (χ4v) is 1.52. The Morgan fingerprint density at radius 2 is 2.36 bits per heavy atom. The van der Waals surface area contributed by atoms with Gasteiger partial charge in [-0.3, -0.25) is 0 Å². The summed E-state index contributed by atoms with van der Waals surface area (Å²) in [6.07, 6.45) is 5.43. The van der Waals surface area contributed by atoms with Crippen LogP contribution in [-0.4, -0.2) is 4.98 Å². The summed E-state index contributed by atoms with van der Waals surface area (Å²) < 4.78 is 5.26. The summed E-state index contributed by atoms with van der Waals surface area (Å²) in [5.74, 6) is 0.946. The van der Waals surface area contributed by atoms with Gasteiger partial charge in [-0.2, -0.15) is 0 Å². The Bertz CT molecular complexity index is 263. The molecule has 0 bridgehead atoms. The normalized spacial score (nSPS) is 21.2. The summed E-state index contributed by atoms with van der Waals surface area (Å²) in [5, 5.41) is 0. The first kappa shape index (κ1) is 6.70. The van der Waals surface area contributed by atoms with Crippen LogP contribution >= 0.6 is 0 Å². The SMILES string of the molecule is CC1(c2cnc(N)o2)CCC1. The lowest BCUT2D eigenvalue weighted by Crippen LogP contribution is -2.29. The molecule has 1 aliphatic carbocycles. The Morgan fingerprint density at radius 1 is 1.64 bits per heavy atom. The zero-order valence-electron chi connectivity index (χ0n) is 6.63. The molecule has 3 nitrogen and oxygen atoms in total. The number of hydrogen-bond acceptors (Lipinski definition) is 3. The molecule has 0 atom stereocenters. The van der Waals surface area contributed by atoms with Crippen LogP contribution in [0.2, 0.25) is 0 Å². The third-order valence-electron chi connectivity index (χ3n) is 2.58. The Morgan fingerprint density at radius 3 is 2.73 bits per heavy atom. The minimum Gasteiger partial charge on any atom is -0.428 e. The molecule has 1 aliphatic rings. The molecule has 0 amide bonds. The first-order chi connectivity index (χ1) is 5.21. The molecule has 3 heteroatoms. The molecule has 1 fully saturated rings. The average Bonchev–Trinajstić information content (AvgIpc) is 2.31. The van der Waals surface area contributed by atoms with Crippen molar-refractivity contribution in [2.75, 3.05) is 5.73 Å². The third kappa shape index (κ3) is 0.914. The van der Waals surface area contributed by atoms with Gasteiger partial charge in [0.05, 0.1) is 6.20 Å². The molecule has 0 unspecified atom stereocenters. The number of rotatable bonds is 1. The fraction of sp³-hybridized carbons (Fsp3) is 0.625. The van der Waals surface area contributed by atoms with Crippen LogP contribution in [0.4, 0.5) is 6.01 Å². The largest absolute Gasteiger partial charge is 0.428 e. The van der Waals surface area contributed by atoms with Gasteiger partial charge in [0.1, 0.15) is 5.76 Å². The number of aromatic nitrogens is 1. The molecule has 2 rings (SSSR count). The summed E-state index contributed by atoms with van der Waals surface area (Å²) in [5.41, 5.74) is 5.60. The maximum absolute atomic E-state index is 5.38. The lowest BCUT2D eigenvalue weighted by Gasteiger charge is -2.35. The van der Waals surface area contributed by atoms with E-state index in [2.05, 4.69) is 11.9 Å². The maximum atomic E-state index is 5.38. The Hall–Kier alpha value is -0.990. The van der Waals surface area contributed by atoms with Crippen LogP contribution in [0.15, 0.2) is 10.6 Å². The summed E-state index contributed by atoms with van der Waals surface area (Å²) in [6, 6.07) is 0.285. The molecule has 1 saturated carbocycles. The molecule has 2 N–H and O–H groups in total. The highest BCUT2D eigenvalue weighted by Gasteiger charge is 2.36. The van der Waals surface area contributed by atoms with E-state index in [1.807, 2.05) is 0 Å². The number of oxazole rings is 1. The molecule has 0 radical (unpaired) electrons. The minimum absolute atomic E-state index is 0.227. The second-order valence-electron chi connectivity index (χ2n) is 3.48. The van der Waals surface area contributed by atoms with Crippen LogP contribution in [0.5, 0.6) is 0 Å². The number of anilines is 1. The molecule has 0 saturated heterocycles. The van der Waals surface area contributed by atoms with Crippen LogP contribution < -0.4 is 5.73 Å². The lowest BCUT2D eigenvalue weighted by molar-refractivity contribution is 0.226. The van der Waals surface area contributed by atoms with Crippen molar-refractivity contribution in [3.05, 3.63) is 12.0 Å². The maximum Gasteiger partial charge on any atom is 0.292 e. The van der Waals surface area contributed by atoms with E-state index < -0.39 is 0 Å². The van der Waals surface area contributed by atoms with E-state index in [-0.39, 0.29) is 11.4 Å². The second kappa shape index (κ2) is 2.00. The number of nitrogens with two attached hydrogens (primary N) is 1. The van der Waals surface area contributed by atoms with Gasteiger partial charge in [-0.15, -0.1) is 0 Å². The van der Waals surface area contributed by atoms with Crippen LogP contribution in [-0.2, 0) is 5.41 Å². The van der Waals surface area contributed by atoms with Gasteiger partial charge in [-0.1, -0.05) is 13.3 Å².